The normalized spacial score (nSPS) is 10.3. The fourth-order valence-corrected chi connectivity index (χ4v) is 2.37. The van der Waals surface area contributed by atoms with E-state index in [1.165, 1.54) is 0 Å². The van der Waals surface area contributed by atoms with E-state index in [9.17, 15) is 0 Å². The minimum atomic E-state index is 0.629. The Morgan fingerprint density at radius 2 is 1.90 bits per heavy atom. The van der Waals surface area contributed by atoms with Crippen molar-refractivity contribution in [2.24, 2.45) is 0 Å². The lowest BCUT2D eigenvalue weighted by Crippen LogP contribution is -2.03. The Morgan fingerprint density at radius 3 is 2.57 bits per heavy atom. The summed E-state index contributed by atoms with van der Waals surface area (Å²) >= 11 is 3.53. The zero-order valence-corrected chi connectivity index (χ0v) is 13.9. The molecule has 0 radical (unpaired) electrons. The van der Waals surface area contributed by atoms with E-state index in [1.807, 2.05) is 18.2 Å². The number of nitrogens with zero attached hydrogens (tertiary/aromatic N) is 2. The van der Waals surface area contributed by atoms with Gasteiger partial charge < -0.3 is 14.8 Å². The van der Waals surface area contributed by atoms with Crippen molar-refractivity contribution in [2.75, 3.05) is 26.1 Å². The first kappa shape index (κ1) is 15.6. The van der Waals surface area contributed by atoms with Gasteiger partial charge in [-0.15, -0.1) is 0 Å². The second-order valence-corrected chi connectivity index (χ2v) is 5.23. The highest BCUT2D eigenvalue weighted by atomic mass is 79.9. The molecule has 0 saturated carbocycles. The minimum absolute atomic E-state index is 0.629. The molecule has 1 N–H and O–H groups in total. The zero-order valence-electron chi connectivity index (χ0n) is 12.3. The Kier molecular flexibility index (Phi) is 5.38. The lowest BCUT2D eigenvalue weighted by atomic mass is 10.2. The third kappa shape index (κ3) is 3.64. The van der Waals surface area contributed by atoms with Gasteiger partial charge in [0, 0.05) is 22.8 Å². The summed E-state index contributed by atoms with van der Waals surface area (Å²) in [7, 11) is 3.21. The summed E-state index contributed by atoms with van der Waals surface area (Å²) in [5, 5.41) is 3.25. The van der Waals surface area contributed by atoms with Crippen LogP contribution in [0, 0.1) is 0 Å². The fourth-order valence-electron chi connectivity index (χ4n) is 1.87. The molecule has 1 aromatic carbocycles. The Bertz CT molecular complexity index is 620. The molecule has 1 aromatic heterocycles. The molecule has 21 heavy (non-hydrogen) atoms. The predicted molar refractivity (Wildman–Crippen MR) is 87.1 cm³/mol. The van der Waals surface area contributed by atoms with Gasteiger partial charge in [-0.25, -0.2) is 9.97 Å². The van der Waals surface area contributed by atoms with Crippen LogP contribution in [0.25, 0.3) is 11.4 Å². The molecule has 112 valence electrons. The Hall–Kier alpha value is -1.82. The third-order valence-electron chi connectivity index (χ3n) is 2.93. The van der Waals surface area contributed by atoms with Crippen molar-refractivity contribution in [2.45, 2.75) is 13.3 Å². The van der Waals surface area contributed by atoms with Gasteiger partial charge in [0.1, 0.15) is 5.82 Å². The number of benzene rings is 1. The maximum Gasteiger partial charge on any atom is 0.162 e. The highest BCUT2D eigenvalue weighted by Gasteiger charge is 2.13. The molecular weight excluding hydrogens is 334 g/mol. The van der Waals surface area contributed by atoms with Crippen molar-refractivity contribution in [1.29, 1.82) is 0 Å². The fraction of sp³-hybridized carbons (Fsp3) is 0.333. The van der Waals surface area contributed by atoms with Gasteiger partial charge in [-0.3, -0.25) is 0 Å². The van der Waals surface area contributed by atoms with Crippen molar-refractivity contribution in [1.82, 2.24) is 9.97 Å². The number of hydrogen-bond acceptors (Lipinski definition) is 5. The topological polar surface area (TPSA) is 56.3 Å². The maximum atomic E-state index is 5.33. The smallest absolute Gasteiger partial charge is 0.162 e. The van der Waals surface area contributed by atoms with Crippen LogP contribution < -0.4 is 14.8 Å². The summed E-state index contributed by atoms with van der Waals surface area (Å²) < 4.78 is 11.5. The molecule has 0 spiro atoms. The summed E-state index contributed by atoms with van der Waals surface area (Å²) in [4.78, 5) is 8.86. The maximum absolute atomic E-state index is 5.33. The molecule has 0 aliphatic heterocycles. The Balaban J connectivity index is 2.41. The molecule has 0 unspecified atom stereocenters. The van der Waals surface area contributed by atoms with E-state index in [0.717, 1.165) is 28.8 Å². The van der Waals surface area contributed by atoms with E-state index in [1.54, 1.807) is 20.4 Å². The monoisotopic (exact) mass is 351 g/mol. The summed E-state index contributed by atoms with van der Waals surface area (Å²) in [6.45, 7) is 2.99. The first-order chi connectivity index (χ1) is 10.2. The van der Waals surface area contributed by atoms with Crippen LogP contribution in [0.3, 0.4) is 0 Å². The molecule has 2 rings (SSSR count). The van der Waals surface area contributed by atoms with Gasteiger partial charge in [0.15, 0.2) is 17.3 Å². The largest absolute Gasteiger partial charge is 0.493 e. The SMILES string of the molecule is CCCNc1ccnc(-c2cc(OC)c(OC)cc2Br)n1. The third-order valence-corrected chi connectivity index (χ3v) is 3.58. The number of rotatable bonds is 6. The van der Waals surface area contributed by atoms with Crippen LogP contribution in [-0.2, 0) is 0 Å². The van der Waals surface area contributed by atoms with Gasteiger partial charge in [0.05, 0.1) is 14.2 Å². The average molecular weight is 352 g/mol. The van der Waals surface area contributed by atoms with E-state index in [-0.39, 0.29) is 0 Å². The number of anilines is 1. The number of hydrogen-bond donors (Lipinski definition) is 1. The highest BCUT2D eigenvalue weighted by Crippen LogP contribution is 2.37. The summed E-state index contributed by atoms with van der Waals surface area (Å²) in [5.74, 6) is 2.74. The number of aromatic nitrogens is 2. The van der Waals surface area contributed by atoms with Crippen LogP contribution >= 0.6 is 15.9 Å². The first-order valence-electron chi connectivity index (χ1n) is 6.68. The zero-order chi connectivity index (χ0) is 15.2. The number of nitrogens with one attached hydrogen (secondary N) is 1. The van der Waals surface area contributed by atoms with Crippen LogP contribution in [0.15, 0.2) is 28.9 Å². The minimum Gasteiger partial charge on any atom is -0.493 e. The number of methoxy groups -OCH3 is 2. The predicted octanol–water partition coefficient (Wildman–Crippen LogP) is 3.75. The molecule has 1 heterocycles. The molecule has 0 bridgehead atoms. The second-order valence-electron chi connectivity index (χ2n) is 4.38. The van der Waals surface area contributed by atoms with Crippen molar-refractivity contribution in [3.05, 3.63) is 28.9 Å². The molecule has 0 aliphatic carbocycles. The van der Waals surface area contributed by atoms with Crippen molar-refractivity contribution in [3.63, 3.8) is 0 Å². The Morgan fingerprint density at radius 1 is 1.19 bits per heavy atom. The van der Waals surface area contributed by atoms with Gasteiger partial charge >= 0.3 is 0 Å². The van der Waals surface area contributed by atoms with Gasteiger partial charge in [-0.1, -0.05) is 6.92 Å². The van der Waals surface area contributed by atoms with Gasteiger partial charge in [0.25, 0.3) is 0 Å². The summed E-state index contributed by atoms with van der Waals surface area (Å²) in [6, 6.07) is 5.57. The summed E-state index contributed by atoms with van der Waals surface area (Å²) in [6.07, 6.45) is 2.78. The quantitative estimate of drug-likeness (QED) is 0.858. The average Bonchev–Trinajstić information content (AvgIpc) is 2.52. The van der Waals surface area contributed by atoms with Gasteiger partial charge in [-0.05, 0) is 40.5 Å². The molecule has 6 heteroatoms. The van der Waals surface area contributed by atoms with Gasteiger partial charge in [0.2, 0.25) is 0 Å². The van der Waals surface area contributed by atoms with Crippen LogP contribution in [0.5, 0.6) is 11.5 Å². The Labute approximate surface area is 132 Å². The van der Waals surface area contributed by atoms with Crippen LogP contribution in [0.2, 0.25) is 0 Å². The number of ether oxygens (including phenoxy) is 2. The highest BCUT2D eigenvalue weighted by molar-refractivity contribution is 9.10. The number of halogens is 1. The van der Waals surface area contributed by atoms with Crippen molar-refractivity contribution < 1.29 is 9.47 Å². The molecule has 2 aromatic rings. The second kappa shape index (κ2) is 7.26. The molecule has 0 saturated heterocycles. The van der Waals surface area contributed by atoms with Crippen molar-refractivity contribution in [3.8, 4) is 22.9 Å². The molecule has 0 amide bonds. The van der Waals surface area contributed by atoms with Crippen LogP contribution in [-0.4, -0.2) is 30.7 Å². The standard InChI is InChI=1S/C15H18BrN3O2/c1-4-6-17-14-5-7-18-15(19-14)10-8-12(20-2)13(21-3)9-11(10)16/h5,7-9H,4,6H2,1-3H3,(H,17,18,19). The van der Waals surface area contributed by atoms with Crippen molar-refractivity contribution >= 4 is 21.7 Å². The lowest BCUT2D eigenvalue weighted by Gasteiger charge is -2.12. The molecule has 0 aliphatic rings. The van der Waals surface area contributed by atoms with Crippen LogP contribution in [0.4, 0.5) is 5.82 Å². The van der Waals surface area contributed by atoms with E-state index in [0.29, 0.717) is 17.3 Å². The first-order valence-corrected chi connectivity index (χ1v) is 7.47. The van der Waals surface area contributed by atoms with E-state index in [4.69, 9.17) is 9.47 Å². The van der Waals surface area contributed by atoms with E-state index < -0.39 is 0 Å². The van der Waals surface area contributed by atoms with Crippen LogP contribution in [0.1, 0.15) is 13.3 Å². The van der Waals surface area contributed by atoms with E-state index in [2.05, 4.69) is 38.1 Å². The lowest BCUT2D eigenvalue weighted by molar-refractivity contribution is 0.355. The van der Waals surface area contributed by atoms with E-state index >= 15 is 0 Å². The molecule has 5 nitrogen and oxygen atoms in total. The molecule has 0 fully saturated rings. The van der Waals surface area contributed by atoms with Gasteiger partial charge in [-0.2, -0.15) is 0 Å². The molecular formula is C15H18BrN3O2. The summed E-state index contributed by atoms with van der Waals surface area (Å²) in [5.41, 5.74) is 0.854. The molecule has 0 atom stereocenters.